The van der Waals surface area contributed by atoms with Gasteiger partial charge in [0.1, 0.15) is 5.69 Å². The highest BCUT2D eigenvalue weighted by molar-refractivity contribution is 5.67. The van der Waals surface area contributed by atoms with Gasteiger partial charge in [-0.25, -0.2) is 4.98 Å². The lowest BCUT2D eigenvalue weighted by Crippen LogP contribution is -2.39. The van der Waals surface area contributed by atoms with Gasteiger partial charge in [-0.3, -0.25) is 0 Å². The van der Waals surface area contributed by atoms with Crippen LogP contribution >= 0.6 is 0 Å². The number of aromatic nitrogens is 1. The van der Waals surface area contributed by atoms with E-state index in [4.69, 9.17) is 5.73 Å². The van der Waals surface area contributed by atoms with Gasteiger partial charge in [0.2, 0.25) is 0 Å². The van der Waals surface area contributed by atoms with E-state index >= 15 is 0 Å². The van der Waals surface area contributed by atoms with Crippen molar-refractivity contribution in [2.24, 2.45) is 11.8 Å². The Labute approximate surface area is 110 Å². The molecular weight excluding hydrogens is 255 g/mol. The second kappa shape index (κ2) is 4.90. The maximum atomic E-state index is 12.7. The minimum atomic E-state index is -4.43. The largest absolute Gasteiger partial charge is 0.433 e. The number of hydrogen-bond acceptors (Lipinski definition) is 3. The summed E-state index contributed by atoms with van der Waals surface area (Å²) in [5.74, 6) is 1.03. The average molecular weight is 273 g/mol. The molecule has 0 aromatic carbocycles. The van der Waals surface area contributed by atoms with E-state index in [0.717, 1.165) is 31.8 Å². The molecule has 1 aromatic rings. The zero-order valence-corrected chi connectivity index (χ0v) is 11.0. The van der Waals surface area contributed by atoms with Crippen molar-refractivity contribution in [1.29, 1.82) is 0 Å². The van der Waals surface area contributed by atoms with E-state index in [1.54, 1.807) is 0 Å². The number of nitrogens with two attached hydrogens (primary N) is 1. The lowest BCUT2D eigenvalue weighted by Gasteiger charge is -2.37. The summed E-state index contributed by atoms with van der Waals surface area (Å²) in [6.45, 7) is 5.74. The van der Waals surface area contributed by atoms with Gasteiger partial charge in [-0.1, -0.05) is 13.8 Å². The predicted molar refractivity (Wildman–Crippen MR) is 68.8 cm³/mol. The summed E-state index contributed by atoms with van der Waals surface area (Å²) in [6, 6.07) is 1.05. The Morgan fingerprint density at radius 3 is 2.58 bits per heavy atom. The maximum absolute atomic E-state index is 12.7. The summed E-state index contributed by atoms with van der Waals surface area (Å²) in [4.78, 5) is 5.29. The van der Waals surface area contributed by atoms with E-state index < -0.39 is 11.9 Å². The van der Waals surface area contributed by atoms with Gasteiger partial charge in [0, 0.05) is 13.1 Å². The lowest BCUT2D eigenvalue weighted by molar-refractivity contribution is -0.141. The minimum absolute atomic E-state index is 0.301. The van der Waals surface area contributed by atoms with Crippen LogP contribution < -0.4 is 10.6 Å². The normalized spacial score (nSPS) is 24.6. The molecule has 2 heterocycles. The highest BCUT2D eigenvalue weighted by Gasteiger charge is 2.34. The van der Waals surface area contributed by atoms with E-state index in [1.165, 1.54) is 0 Å². The molecule has 19 heavy (non-hydrogen) atoms. The summed E-state index contributed by atoms with van der Waals surface area (Å²) in [5.41, 5.74) is 5.63. The molecule has 1 aliphatic heterocycles. The zero-order valence-electron chi connectivity index (χ0n) is 11.0. The Hall–Kier alpha value is -1.46. The van der Waals surface area contributed by atoms with Crippen LogP contribution in [0.3, 0.4) is 0 Å². The first kappa shape index (κ1) is 14.0. The van der Waals surface area contributed by atoms with Crippen molar-refractivity contribution in [3.8, 4) is 0 Å². The van der Waals surface area contributed by atoms with E-state index in [9.17, 15) is 13.2 Å². The monoisotopic (exact) mass is 273 g/mol. The molecule has 2 N–H and O–H groups in total. The van der Waals surface area contributed by atoms with Gasteiger partial charge in [-0.05, 0) is 24.3 Å². The number of anilines is 2. The van der Waals surface area contributed by atoms with Crippen LogP contribution in [0.4, 0.5) is 24.5 Å². The number of nitrogens with zero attached hydrogens (tertiary/aromatic N) is 2. The summed E-state index contributed by atoms with van der Waals surface area (Å²) in [6.07, 6.45) is -2.37. The lowest BCUT2D eigenvalue weighted by atomic mass is 9.88. The Bertz CT molecular complexity index is 459. The third-order valence-corrected chi connectivity index (χ3v) is 3.88. The molecule has 3 nitrogen and oxygen atoms in total. The first-order valence-corrected chi connectivity index (χ1v) is 6.36. The molecule has 6 heteroatoms. The second-order valence-electron chi connectivity index (χ2n) is 5.32. The number of pyridine rings is 1. The Morgan fingerprint density at radius 1 is 1.32 bits per heavy atom. The third-order valence-electron chi connectivity index (χ3n) is 3.88. The van der Waals surface area contributed by atoms with Crippen LogP contribution in [0.5, 0.6) is 0 Å². The first-order valence-electron chi connectivity index (χ1n) is 6.36. The molecule has 1 aromatic heterocycles. The molecule has 0 spiro atoms. The van der Waals surface area contributed by atoms with Crippen molar-refractivity contribution in [2.75, 3.05) is 23.7 Å². The van der Waals surface area contributed by atoms with E-state index in [-0.39, 0.29) is 0 Å². The number of alkyl halides is 3. The molecule has 0 aliphatic carbocycles. The molecule has 2 unspecified atom stereocenters. The van der Waals surface area contributed by atoms with Crippen LogP contribution in [0.15, 0.2) is 12.3 Å². The fourth-order valence-corrected chi connectivity index (χ4v) is 2.37. The molecule has 2 atom stereocenters. The molecular formula is C13H18F3N3. The van der Waals surface area contributed by atoms with Crippen molar-refractivity contribution >= 4 is 11.4 Å². The number of rotatable bonds is 1. The van der Waals surface area contributed by atoms with E-state index in [2.05, 4.69) is 18.8 Å². The Balaban J connectivity index is 2.29. The second-order valence-corrected chi connectivity index (χ2v) is 5.32. The zero-order chi connectivity index (χ0) is 14.2. The molecule has 0 saturated carbocycles. The van der Waals surface area contributed by atoms with Crippen molar-refractivity contribution < 1.29 is 13.2 Å². The minimum Gasteiger partial charge on any atom is -0.396 e. The van der Waals surface area contributed by atoms with Gasteiger partial charge < -0.3 is 10.6 Å². The topological polar surface area (TPSA) is 42.2 Å². The molecule has 2 rings (SSSR count). The van der Waals surface area contributed by atoms with Crippen LogP contribution in [0, 0.1) is 11.8 Å². The van der Waals surface area contributed by atoms with Crippen molar-refractivity contribution in [2.45, 2.75) is 26.4 Å². The quantitative estimate of drug-likeness (QED) is 0.854. The Kier molecular flexibility index (Phi) is 3.60. The number of piperidine rings is 1. The molecule has 0 bridgehead atoms. The molecule has 0 amide bonds. The van der Waals surface area contributed by atoms with Crippen LogP contribution in [0.1, 0.15) is 26.0 Å². The van der Waals surface area contributed by atoms with Gasteiger partial charge in [0.25, 0.3) is 0 Å². The van der Waals surface area contributed by atoms with Crippen LogP contribution in [-0.4, -0.2) is 18.1 Å². The van der Waals surface area contributed by atoms with Gasteiger partial charge in [-0.15, -0.1) is 0 Å². The average Bonchev–Trinajstić information content (AvgIpc) is 2.32. The SMILES string of the molecule is CC1CCN(c2cc(C(F)(F)F)ncc2N)CC1C. The number of nitrogen functional groups attached to an aromatic ring is 1. The highest BCUT2D eigenvalue weighted by Crippen LogP contribution is 2.35. The number of halogens is 3. The first-order chi connectivity index (χ1) is 8.79. The third kappa shape index (κ3) is 2.93. The summed E-state index contributed by atoms with van der Waals surface area (Å²) < 4.78 is 38.1. The highest BCUT2D eigenvalue weighted by atomic mass is 19.4. The van der Waals surface area contributed by atoms with Crippen LogP contribution in [-0.2, 0) is 6.18 Å². The van der Waals surface area contributed by atoms with Crippen LogP contribution in [0.25, 0.3) is 0 Å². The summed E-state index contributed by atoms with van der Waals surface area (Å²) in [7, 11) is 0. The molecule has 1 fully saturated rings. The summed E-state index contributed by atoms with van der Waals surface area (Å²) in [5, 5.41) is 0. The van der Waals surface area contributed by atoms with Crippen molar-refractivity contribution in [1.82, 2.24) is 4.98 Å². The maximum Gasteiger partial charge on any atom is 0.433 e. The van der Waals surface area contributed by atoms with Gasteiger partial charge >= 0.3 is 6.18 Å². The molecule has 106 valence electrons. The Morgan fingerprint density at radius 2 is 2.00 bits per heavy atom. The number of hydrogen-bond donors (Lipinski definition) is 1. The van der Waals surface area contributed by atoms with Crippen molar-refractivity contribution in [3.63, 3.8) is 0 Å². The van der Waals surface area contributed by atoms with E-state index in [0.29, 0.717) is 23.2 Å². The molecule has 1 aliphatic rings. The smallest absolute Gasteiger partial charge is 0.396 e. The van der Waals surface area contributed by atoms with Crippen LogP contribution in [0.2, 0.25) is 0 Å². The van der Waals surface area contributed by atoms with Gasteiger partial charge in [-0.2, -0.15) is 13.2 Å². The molecule has 1 saturated heterocycles. The van der Waals surface area contributed by atoms with Gasteiger partial charge in [0.05, 0.1) is 17.6 Å². The fraction of sp³-hybridized carbons (Fsp3) is 0.615. The molecule has 0 radical (unpaired) electrons. The summed E-state index contributed by atoms with van der Waals surface area (Å²) >= 11 is 0. The van der Waals surface area contributed by atoms with Crippen molar-refractivity contribution in [3.05, 3.63) is 18.0 Å². The standard InChI is InChI=1S/C13H18F3N3/c1-8-3-4-19(7-9(8)2)11-5-12(13(14,15)16)18-6-10(11)17/h5-6,8-9H,3-4,7,17H2,1-2H3. The van der Waals surface area contributed by atoms with Gasteiger partial charge in [0.15, 0.2) is 0 Å². The fourth-order valence-electron chi connectivity index (χ4n) is 2.37. The predicted octanol–water partition coefficient (Wildman–Crippen LogP) is 3.16. The van der Waals surface area contributed by atoms with E-state index in [1.807, 2.05) is 4.90 Å².